The number of hydrogen-bond donors (Lipinski definition) is 1. The normalized spacial score (nSPS) is 13.7. The number of hydrogen-bond acceptors (Lipinski definition) is 4. The first-order valence-corrected chi connectivity index (χ1v) is 9.12. The largest absolute Gasteiger partial charge is 0.331 e. The van der Waals surface area contributed by atoms with Crippen molar-refractivity contribution in [2.24, 2.45) is 0 Å². The Labute approximate surface area is 156 Å². The monoisotopic (exact) mass is 366 g/mol. The number of nitrogens with zero attached hydrogens (tertiary/aromatic N) is 3. The molecular formula is C20H22N4O3. The van der Waals surface area contributed by atoms with Crippen LogP contribution in [0, 0.1) is 11.3 Å². The van der Waals surface area contributed by atoms with Crippen LogP contribution in [0.25, 0.3) is 0 Å². The van der Waals surface area contributed by atoms with E-state index in [0.29, 0.717) is 36.7 Å². The minimum Gasteiger partial charge on any atom is -0.325 e. The molecule has 2 aromatic rings. The van der Waals surface area contributed by atoms with Gasteiger partial charge in [0.2, 0.25) is 5.91 Å². The number of nitrogens with one attached hydrogen (secondary N) is 1. The van der Waals surface area contributed by atoms with Crippen LogP contribution >= 0.6 is 0 Å². The molecule has 3 rings (SSSR count). The van der Waals surface area contributed by atoms with E-state index in [1.807, 2.05) is 18.2 Å². The van der Waals surface area contributed by atoms with Crippen molar-refractivity contribution in [1.29, 1.82) is 5.26 Å². The molecule has 0 saturated carbocycles. The lowest BCUT2D eigenvalue weighted by Crippen LogP contribution is -2.44. The van der Waals surface area contributed by atoms with E-state index in [1.54, 1.807) is 12.1 Å². The number of amides is 1. The molecule has 1 N–H and O–H groups in total. The summed E-state index contributed by atoms with van der Waals surface area (Å²) in [6, 6.07) is 9.40. The molecule has 1 aromatic heterocycles. The second-order valence-electron chi connectivity index (χ2n) is 6.84. The zero-order valence-electron chi connectivity index (χ0n) is 15.5. The van der Waals surface area contributed by atoms with Crippen molar-refractivity contribution < 1.29 is 4.79 Å². The van der Waals surface area contributed by atoms with Crippen molar-refractivity contribution >= 4 is 11.6 Å². The summed E-state index contributed by atoms with van der Waals surface area (Å²) >= 11 is 0. The second kappa shape index (κ2) is 7.62. The van der Waals surface area contributed by atoms with Crippen molar-refractivity contribution in [2.45, 2.75) is 52.1 Å². The number of rotatable bonds is 5. The molecule has 7 heteroatoms. The van der Waals surface area contributed by atoms with E-state index in [2.05, 4.69) is 19.2 Å². The van der Waals surface area contributed by atoms with Gasteiger partial charge in [-0.05, 0) is 42.9 Å². The highest BCUT2D eigenvalue weighted by molar-refractivity contribution is 5.90. The van der Waals surface area contributed by atoms with Gasteiger partial charge >= 0.3 is 5.69 Å². The van der Waals surface area contributed by atoms with Crippen LogP contribution in [0.4, 0.5) is 5.69 Å². The molecule has 0 saturated heterocycles. The molecule has 1 atom stereocenters. The number of benzene rings is 1. The maximum atomic E-state index is 12.5. The van der Waals surface area contributed by atoms with E-state index in [-0.39, 0.29) is 5.56 Å². The van der Waals surface area contributed by atoms with Gasteiger partial charge in [-0.1, -0.05) is 26.0 Å². The lowest BCUT2D eigenvalue weighted by molar-refractivity contribution is -0.116. The highest BCUT2D eigenvalue weighted by atomic mass is 16.2. The molecular weight excluding hydrogens is 344 g/mol. The third kappa shape index (κ3) is 3.56. The number of carbonyl (C=O) groups is 1. The van der Waals surface area contributed by atoms with Crippen molar-refractivity contribution in [3.63, 3.8) is 0 Å². The Morgan fingerprint density at radius 2 is 2.00 bits per heavy atom. The topological polar surface area (TPSA) is 96.9 Å². The maximum Gasteiger partial charge on any atom is 0.331 e. The van der Waals surface area contributed by atoms with Gasteiger partial charge in [-0.25, -0.2) is 9.36 Å². The van der Waals surface area contributed by atoms with Gasteiger partial charge in [0.05, 0.1) is 0 Å². The van der Waals surface area contributed by atoms with Crippen molar-refractivity contribution in [3.8, 4) is 6.07 Å². The number of fused-ring (bicyclic) bond motifs is 1. The average Bonchev–Trinajstić information content (AvgIpc) is 3.15. The van der Waals surface area contributed by atoms with Gasteiger partial charge in [0.25, 0.3) is 5.56 Å². The van der Waals surface area contributed by atoms with Gasteiger partial charge < -0.3 is 5.32 Å². The molecule has 0 aliphatic carbocycles. The van der Waals surface area contributed by atoms with Gasteiger partial charge in [-0.2, -0.15) is 5.26 Å². The summed E-state index contributed by atoms with van der Waals surface area (Å²) in [6.45, 7) is 4.29. The Kier molecular flexibility index (Phi) is 5.26. The first kappa shape index (κ1) is 18.6. The maximum absolute atomic E-state index is 12.5. The van der Waals surface area contributed by atoms with Crippen LogP contribution in [-0.4, -0.2) is 15.0 Å². The van der Waals surface area contributed by atoms with Gasteiger partial charge in [0.15, 0.2) is 0 Å². The fourth-order valence-corrected chi connectivity index (χ4v) is 3.36. The van der Waals surface area contributed by atoms with E-state index in [4.69, 9.17) is 0 Å². The molecule has 0 fully saturated rings. The molecule has 27 heavy (non-hydrogen) atoms. The van der Waals surface area contributed by atoms with Crippen LogP contribution in [0.5, 0.6) is 0 Å². The summed E-state index contributed by atoms with van der Waals surface area (Å²) in [4.78, 5) is 37.4. The van der Waals surface area contributed by atoms with Crippen molar-refractivity contribution in [3.05, 3.63) is 61.9 Å². The van der Waals surface area contributed by atoms with E-state index in [1.165, 1.54) is 10.1 Å². The molecule has 1 aromatic carbocycles. The number of anilines is 1. The molecule has 0 spiro atoms. The summed E-state index contributed by atoms with van der Waals surface area (Å²) in [5, 5.41) is 12.0. The predicted octanol–water partition coefficient (Wildman–Crippen LogP) is 1.98. The van der Waals surface area contributed by atoms with Gasteiger partial charge in [0, 0.05) is 17.9 Å². The average molecular weight is 366 g/mol. The van der Waals surface area contributed by atoms with Crippen LogP contribution < -0.4 is 16.6 Å². The Morgan fingerprint density at radius 3 is 2.63 bits per heavy atom. The van der Waals surface area contributed by atoms with E-state index >= 15 is 0 Å². The summed E-state index contributed by atoms with van der Waals surface area (Å²) in [6.07, 6.45) is 2.27. The summed E-state index contributed by atoms with van der Waals surface area (Å²) in [5.74, 6) is -0.0443. The smallest absolute Gasteiger partial charge is 0.325 e. The van der Waals surface area contributed by atoms with E-state index in [0.717, 1.165) is 11.0 Å². The third-order valence-electron chi connectivity index (χ3n) is 5.12. The lowest BCUT2D eigenvalue weighted by Gasteiger charge is -2.12. The standard InChI is InChI=1S/C20H22N4O3/c1-3-13(2)14-6-8-15(9-7-14)22-18(25)12-24-19(26)16(11-21)17-5-4-10-23(17)20(24)27/h6-9,13H,3-5,10,12H2,1-2H3,(H,22,25)/t13-/m1/s1. The van der Waals surface area contributed by atoms with Crippen molar-refractivity contribution in [2.75, 3.05) is 5.32 Å². The molecule has 1 aliphatic heterocycles. The fraction of sp³-hybridized carbons (Fsp3) is 0.400. The predicted molar refractivity (Wildman–Crippen MR) is 102 cm³/mol. The van der Waals surface area contributed by atoms with E-state index in [9.17, 15) is 19.6 Å². The van der Waals surface area contributed by atoms with Gasteiger partial charge in [0.1, 0.15) is 18.2 Å². The minimum absolute atomic E-state index is 0.0437. The molecule has 1 amide bonds. The highest BCUT2D eigenvalue weighted by Crippen LogP contribution is 2.20. The summed E-state index contributed by atoms with van der Waals surface area (Å²) in [7, 11) is 0. The highest BCUT2D eigenvalue weighted by Gasteiger charge is 2.23. The van der Waals surface area contributed by atoms with E-state index < -0.39 is 23.7 Å². The third-order valence-corrected chi connectivity index (χ3v) is 5.12. The van der Waals surface area contributed by atoms with Gasteiger partial charge in [-0.3, -0.25) is 14.2 Å². The molecule has 2 heterocycles. The Balaban J connectivity index is 1.82. The zero-order valence-corrected chi connectivity index (χ0v) is 15.5. The quantitative estimate of drug-likeness (QED) is 0.875. The molecule has 7 nitrogen and oxygen atoms in total. The zero-order chi connectivity index (χ0) is 19.6. The first-order chi connectivity index (χ1) is 13.0. The van der Waals surface area contributed by atoms with Crippen LogP contribution in [0.3, 0.4) is 0 Å². The number of aromatic nitrogens is 2. The number of carbonyl (C=O) groups excluding carboxylic acids is 1. The SMILES string of the molecule is CC[C@@H](C)c1ccc(NC(=O)Cn2c(=O)c(C#N)c3n(c2=O)CCC3)cc1. The molecule has 0 radical (unpaired) electrons. The van der Waals surface area contributed by atoms with Crippen LogP contribution in [0.1, 0.15) is 49.4 Å². The summed E-state index contributed by atoms with van der Waals surface area (Å²) in [5.41, 5.74) is 0.985. The number of nitriles is 1. The molecule has 0 unspecified atom stereocenters. The van der Waals surface area contributed by atoms with Crippen LogP contribution in [0.15, 0.2) is 33.9 Å². The van der Waals surface area contributed by atoms with Crippen LogP contribution in [-0.2, 0) is 24.3 Å². The molecule has 140 valence electrons. The second-order valence-corrected chi connectivity index (χ2v) is 6.84. The lowest BCUT2D eigenvalue weighted by atomic mass is 9.99. The Morgan fingerprint density at radius 1 is 1.30 bits per heavy atom. The Hall–Kier alpha value is -3.14. The summed E-state index contributed by atoms with van der Waals surface area (Å²) < 4.78 is 2.27. The fourth-order valence-electron chi connectivity index (χ4n) is 3.36. The molecule has 1 aliphatic rings. The molecule has 0 bridgehead atoms. The minimum atomic E-state index is -0.696. The Bertz CT molecular complexity index is 1030. The van der Waals surface area contributed by atoms with Crippen molar-refractivity contribution in [1.82, 2.24) is 9.13 Å². The van der Waals surface area contributed by atoms with Crippen LogP contribution in [0.2, 0.25) is 0 Å². The van der Waals surface area contributed by atoms with Gasteiger partial charge in [-0.15, -0.1) is 0 Å². The first-order valence-electron chi connectivity index (χ1n) is 9.12.